The Balaban J connectivity index is 2.13. The van der Waals surface area contributed by atoms with Gasteiger partial charge in [-0.3, -0.25) is 0 Å². The molecular weight excluding hydrogens is 389 g/mol. The van der Waals surface area contributed by atoms with E-state index < -0.39 is 11.7 Å². The van der Waals surface area contributed by atoms with Crippen molar-refractivity contribution in [3.63, 3.8) is 0 Å². The van der Waals surface area contributed by atoms with Gasteiger partial charge in [-0.15, -0.1) is 0 Å². The van der Waals surface area contributed by atoms with E-state index in [9.17, 15) is 13.6 Å². The zero-order chi connectivity index (χ0) is 20.2. The van der Waals surface area contributed by atoms with E-state index >= 15 is 0 Å². The fraction of sp³-hybridized carbons (Fsp3) is 0.200. The van der Waals surface area contributed by atoms with E-state index in [0.717, 1.165) is 12.0 Å². The van der Waals surface area contributed by atoms with Crippen molar-refractivity contribution in [3.8, 4) is 0 Å². The van der Waals surface area contributed by atoms with E-state index in [2.05, 4.69) is 16.9 Å². The van der Waals surface area contributed by atoms with Gasteiger partial charge in [-0.1, -0.05) is 64.7 Å². The Morgan fingerprint density at radius 1 is 1.26 bits per heavy atom. The molecule has 0 fully saturated rings. The molecule has 1 unspecified atom stereocenters. The van der Waals surface area contributed by atoms with E-state index in [0.29, 0.717) is 27.6 Å². The predicted molar refractivity (Wildman–Crippen MR) is 111 cm³/mol. The van der Waals surface area contributed by atoms with Gasteiger partial charge < -0.3 is 5.32 Å². The Morgan fingerprint density at radius 2 is 1.89 bits per heavy atom. The number of carbonyl (C=O) groups excluding carboxylic acids is 1. The van der Waals surface area contributed by atoms with E-state index in [1.54, 1.807) is 13.0 Å². The molecular formula is C20H20ClF2N2OP. The third-order valence-corrected chi connectivity index (χ3v) is 4.64. The van der Waals surface area contributed by atoms with Crippen molar-refractivity contribution < 1.29 is 13.6 Å². The maximum absolute atomic E-state index is 13.2. The number of alkyl halides is 2. The average molecular weight is 409 g/mol. The number of hydrogen-bond donors (Lipinski definition) is 1. The fourth-order valence-corrected chi connectivity index (χ4v) is 2.82. The maximum Gasteiger partial charge on any atom is 0.345 e. The molecule has 27 heavy (non-hydrogen) atoms. The highest BCUT2D eigenvalue weighted by molar-refractivity contribution is 7.17. The molecule has 0 bridgehead atoms. The average Bonchev–Trinajstić information content (AvgIpc) is 2.61. The summed E-state index contributed by atoms with van der Waals surface area (Å²) in [5.41, 5.74) is -0.126. The molecule has 7 heteroatoms. The van der Waals surface area contributed by atoms with Crippen LogP contribution in [0.25, 0.3) is 5.70 Å². The van der Waals surface area contributed by atoms with Crippen LogP contribution >= 0.6 is 20.8 Å². The summed E-state index contributed by atoms with van der Waals surface area (Å²) in [7, 11) is 1.49. The molecule has 2 aromatic rings. The predicted octanol–water partition coefficient (Wildman–Crippen LogP) is 6.02. The van der Waals surface area contributed by atoms with Gasteiger partial charge >= 0.3 is 6.03 Å². The van der Waals surface area contributed by atoms with Crippen LogP contribution in [0.3, 0.4) is 0 Å². The minimum atomic E-state index is -3.00. The molecule has 3 nitrogen and oxygen atoms in total. The lowest BCUT2D eigenvalue weighted by molar-refractivity contribution is 0.104. The van der Waals surface area contributed by atoms with Gasteiger partial charge in [0.2, 0.25) is 0 Å². The number of rotatable bonds is 5. The number of nitrogens with one attached hydrogen (secondary N) is 1. The molecule has 2 rings (SSSR count). The number of carbonyl (C=O) groups is 1. The van der Waals surface area contributed by atoms with Gasteiger partial charge in [0.05, 0.1) is 5.71 Å². The SMILES string of the molecule is C=C(NC(=O)N=C(C)c1ccc(C(F)(F)P)cc1)c1cc(CC)ccc1Cl. The first-order chi connectivity index (χ1) is 12.6. The van der Waals surface area contributed by atoms with Crippen molar-refractivity contribution in [1.82, 2.24) is 5.32 Å². The Hall–Kier alpha value is -2.10. The minimum absolute atomic E-state index is 0.132. The molecule has 0 saturated carbocycles. The van der Waals surface area contributed by atoms with E-state index in [1.807, 2.05) is 19.1 Å². The molecule has 0 radical (unpaired) electrons. The van der Waals surface area contributed by atoms with E-state index in [1.165, 1.54) is 33.5 Å². The van der Waals surface area contributed by atoms with Crippen LogP contribution in [0.5, 0.6) is 0 Å². The van der Waals surface area contributed by atoms with Crippen LogP contribution in [0.4, 0.5) is 13.6 Å². The highest BCUT2D eigenvalue weighted by Crippen LogP contribution is 2.34. The maximum atomic E-state index is 13.2. The second-order valence-corrected chi connectivity index (χ2v) is 7.11. The lowest BCUT2D eigenvalue weighted by atomic mass is 10.1. The zero-order valence-corrected chi connectivity index (χ0v) is 16.9. The van der Waals surface area contributed by atoms with E-state index in [4.69, 9.17) is 11.6 Å². The lowest BCUT2D eigenvalue weighted by Crippen LogP contribution is -2.19. The van der Waals surface area contributed by atoms with Crippen molar-refractivity contribution in [1.29, 1.82) is 0 Å². The number of aliphatic imine (C=N–C) groups is 1. The summed E-state index contributed by atoms with van der Waals surface area (Å²) < 4.78 is 26.5. The van der Waals surface area contributed by atoms with Gasteiger partial charge in [-0.2, -0.15) is 13.8 Å². The normalized spacial score (nSPS) is 12.0. The van der Waals surface area contributed by atoms with Crippen LogP contribution in [0.15, 0.2) is 54.0 Å². The molecule has 2 amide bonds. The molecule has 0 saturated heterocycles. The molecule has 0 aliphatic carbocycles. The largest absolute Gasteiger partial charge is 0.345 e. The summed E-state index contributed by atoms with van der Waals surface area (Å²) in [6.45, 7) is 7.49. The molecule has 0 aliphatic heterocycles. The topological polar surface area (TPSA) is 41.5 Å². The van der Waals surface area contributed by atoms with Gasteiger partial charge in [0.25, 0.3) is 5.66 Å². The van der Waals surface area contributed by atoms with Gasteiger partial charge in [0.15, 0.2) is 0 Å². The number of benzene rings is 2. The summed E-state index contributed by atoms with van der Waals surface area (Å²) in [5, 5.41) is 3.07. The quantitative estimate of drug-likeness (QED) is 0.477. The first kappa shape index (κ1) is 21.2. The van der Waals surface area contributed by atoms with Crippen molar-refractivity contribution in [2.45, 2.75) is 25.9 Å². The van der Waals surface area contributed by atoms with Crippen LogP contribution < -0.4 is 5.32 Å². The number of aryl methyl sites for hydroxylation is 1. The number of urea groups is 1. The van der Waals surface area contributed by atoms with Crippen LogP contribution in [-0.4, -0.2) is 11.7 Å². The second kappa shape index (κ2) is 8.73. The van der Waals surface area contributed by atoms with Crippen LogP contribution in [-0.2, 0) is 12.1 Å². The van der Waals surface area contributed by atoms with Gasteiger partial charge in [0.1, 0.15) is 0 Å². The fourth-order valence-electron chi connectivity index (χ4n) is 2.40. The Morgan fingerprint density at radius 3 is 2.44 bits per heavy atom. The molecule has 2 aromatic carbocycles. The molecule has 1 atom stereocenters. The summed E-state index contributed by atoms with van der Waals surface area (Å²) >= 11 is 6.17. The van der Waals surface area contributed by atoms with E-state index in [-0.39, 0.29) is 5.56 Å². The Kier molecular flexibility index (Phi) is 6.85. The first-order valence-electron chi connectivity index (χ1n) is 8.23. The monoisotopic (exact) mass is 408 g/mol. The molecule has 0 spiro atoms. The number of hydrogen-bond acceptors (Lipinski definition) is 1. The third kappa shape index (κ3) is 5.69. The summed E-state index contributed by atoms with van der Waals surface area (Å²) in [4.78, 5) is 16.1. The molecule has 0 aliphatic rings. The van der Waals surface area contributed by atoms with Gasteiger partial charge in [0, 0.05) is 21.8 Å². The molecule has 0 aromatic heterocycles. The van der Waals surface area contributed by atoms with Crippen LogP contribution in [0.1, 0.15) is 36.1 Å². The lowest BCUT2D eigenvalue weighted by Gasteiger charge is -2.11. The minimum Gasteiger partial charge on any atom is -0.306 e. The molecule has 0 heterocycles. The van der Waals surface area contributed by atoms with Crippen molar-refractivity contribution in [2.24, 2.45) is 4.99 Å². The molecule has 1 N–H and O–H groups in total. The van der Waals surface area contributed by atoms with Crippen molar-refractivity contribution >= 4 is 38.3 Å². The zero-order valence-electron chi connectivity index (χ0n) is 15.0. The van der Waals surface area contributed by atoms with Gasteiger partial charge in [-0.25, -0.2) is 4.79 Å². The number of nitrogens with zero attached hydrogens (tertiary/aromatic N) is 1. The Bertz CT molecular complexity index is 890. The molecule has 142 valence electrons. The second-order valence-electron chi connectivity index (χ2n) is 5.97. The third-order valence-electron chi connectivity index (χ3n) is 3.98. The summed E-state index contributed by atoms with van der Waals surface area (Å²) in [6, 6.07) is 10.5. The Labute approximate surface area is 164 Å². The first-order valence-corrected chi connectivity index (χ1v) is 9.19. The van der Waals surface area contributed by atoms with Gasteiger partial charge in [-0.05, 0) is 36.6 Å². The summed E-state index contributed by atoms with van der Waals surface area (Å²) in [6.07, 6.45) is 0.827. The van der Waals surface area contributed by atoms with Crippen LogP contribution in [0, 0.1) is 0 Å². The summed E-state index contributed by atoms with van der Waals surface area (Å²) in [5.74, 6) is 0. The van der Waals surface area contributed by atoms with Crippen molar-refractivity contribution in [2.75, 3.05) is 0 Å². The standard InChI is InChI=1S/C20H20ClF2N2OP/c1-4-14-5-10-18(21)17(11-14)13(3)25-19(26)24-12(2)15-6-8-16(9-7-15)20(22,23)27/h5-11H,3-4,27H2,1-2H3,(H,25,26). The highest BCUT2D eigenvalue weighted by Gasteiger charge is 2.23. The number of amides is 2. The number of halogens is 3. The van der Waals surface area contributed by atoms with Crippen LogP contribution in [0.2, 0.25) is 5.02 Å². The smallest absolute Gasteiger partial charge is 0.306 e. The van der Waals surface area contributed by atoms with Crippen molar-refractivity contribution in [3.05, 3.63) is 76.3 Å². The highest BCUT2D eigenvalue weighted by atomic mass is 35.5.